The summed E-state index contributed by atoms with van der Waals surface area (Å²) in [6, 6.07) is 11.6. The zero-order chi connectivity index (χ0) is 14.8. The Hall–Kier alpha value is -2.40. The summed E-state index contributed by atoms with van der Waals surface area (Å²) in [6.07, 6.45) is 0. The molecule has 2 aromatic carbocycles. The van der Waals surface area contributed by atoms with Crippen LogP contribution in [-0.2, 0) is 0 Å². The molecule has 0 bridgehead atoms. The molecule has 0 aliphatic rings. The smallest absolute Gasteiger partial charge is 0.214 e. The minimum Gasteiger partial charge on any atom is -0.214 e. The van der Waals surface area contributed by atoms with E-state index in [0.717, 1.165) is 0 Å². The van der Waals surface area contributed by atoms with E-state index in [0.29, 0.717) is 22.5 Å². The minimum absolute atomic E-state index is 0.0137. The molecule has 104 valence electrons. The van der Waals surface area contributed by atoms with Gasteiger partial charge in [0.15, 0.2) is 0 Å². The second kappa shape index (κ2) is 5.54. The van der Waals surface area contributed by atoms with Crippen LogP contribution < -0.4 is 0 Å². The summed E-state index contributed by atoms with van der Waals surface area (Å²) in [6.45, 7) is 0. The summed E-state index contributed by atoms with van der Waals surface area (Å²) < 4.78 is 26.1. The summed E-state index contributed by atoms with van der Waals surface area (Å²) in [5, 5.41) is 7.72. The third-order valence-corrected chi connectivity index (χ3v) is 3.06. The van der Waals surface area contributed by atoms with Crippen molar-refractivity contribution in [2.24, 2.45) is 0 Å². The monoisotopic (exact) mass is 303 g/mol. The highest BCUT2D eigenvalue weighted by Gasteiger charge is 2.13. The van der Waals surface area contributed by atoms with Crippen LogP contribution in [0.25, 0.3) is 22.5 Å². The van der Waals surface area contributed by atoms with Crippen molar-refractivity contribution in [1.82, 2.24) is 15.2 Å². The van der Waals surface area contributed by atoms with Gasteiger partial charge in [0.05, 0.1) is 0 Å². The molecule has 0 atom stereocenters. The minimum atomic E-state index is -0.352. The van der Waals surface area contributed by atoms with Crippen LogP contribution in [0.15, 0.2) is 48.5 Å². The van der Waals surface area contributed by atoms with Crippen molar-refractivity contribution in [3.05, 3.63) is 65.4 Å². The third-order valence-electron chi connectivity index (χ3n) is 2.90. The van der Waals surface area contributed by atoms with Crippen molar-refractivity contribution in [2.75, 3.05) is 0 Å². The van der Waals surface area contributed by atoms with Crippen molar-refractivity contribution in [3.63, 3.8) is 0 Å². The average molecular weight is 304 g/mol. The molecule has 0 saturated carbocycles. The van der Waals surface area contributed by atoms with Gasteiger partial charge in [0, 0.05) is 11.1 Å². The molecule has 0 saturated heterocycles. The van der Waals surface area contributed by atoms with E-state index in [-0.39, 0.29) is 16.9 Å². The van der Waals surface area contributed by atoms with Crippen LogP contribution in [-0.4, -0.2) is 15.2 Å². The van der Waals surface area contributed by atoms with Gasteiger partial charge in [-0.25, -0.2) is 13.8 Å². The van der Waals surface area contributed by atoms with Crippen LogP contribution in [0.4, 0.5) is 8.78 Å². The topological polar surface area (TPSA) is 38.7 Å². The van der Waals surface area contributed by atoms with Gasteiger partial charge >= 0.3 is 0 Å². The lowest BCUT2D eigenvalue weighted by Gasteiger charge is -2.07. The van der Waals surface area contributed by atoms with Gasteiger partial charge in [-0.1, -0.05) is 0 Å². The number of hydrogen-bond donors (Lipinski definition) is 0. The lowest BCUT2D eigenvalue weighted by molar-refractivity contribution is 0.627. The van der Waals surface area contributed by atoms with Crippen LogP contribution >= 0.6 is 11.6 Å². The molecular weight excluding hydrogens is 296 g/mol. The van der Waals surface area contributed by atoms with Gasteiger partial charge < -0.3 is 0 Å². The van der Waals surface area contributed by atoms with Gasteiger partial charge in [-0.2, -0.15) is 0 Å². The first kappa shape index (κ1) is 13.6. The van der Waals surface area contributed by atoms with E-state index in [4.69, 9.17) is 11.6 Å². The van der Waals surface area contributed by atoms with Crippen LogP contribution in [0.3, 0.4) is 0 Å². The summed E-state index contributed by atoms with van der Waals surface area (Å²) >= 11 is 5.79. The quantitative estimate of drug-likeness (QED) is 0.714. The molecule has 0 N–H and O–H groups in total. The fourth-order valence-electron chi connectivity index (χ4n) is 1.92. The number of rotatable bonds is 2. The van der Waals surface area contributed by atoms with Crippen LogP contribution in [0.5, 0.6) is 0 Å². The largest absolute Gasteiger partial charge is 0.243 e. The van der Waals surface area contributed by atoms with Crippen molar-refractivity contribution in [2.45, 2.75) is 0 Å². The second-order valence-corrected chi connectivity index (χ2v) is 4.63. The Morgan fingerprint density at radius 2 is 1.14 bits per heavy atom. The molecule has 0 unspecified atom stereocenters. The molecule has 0 aliphatic carbocycles. The molecule has 1 aromatic heterocycles. The fourth-order valence-corrected chi connectivity index (χ4v) is 2.04. The van der Waals surface area contributed by atoms with E-state index in [1.807, 2.05) is 0 Å². The Morgan fingerprint density at radius 1 is 0.667 bits per heavy atom. The first-order valence-electron chi connectivity index (χ1n) is 6.05. The van der Waals surface area contributed by atoms with E-state index >= 15 is 0 Å². The van der Waals surface area contributed by atoms with E-state index < -0.39 is 0 Å². The maximum Gasteiger partial charge on any atom is 0.243 e. The van der Waals surface area contributed by atoms with Gasteiger partial charge in [0.2, 0.25) is 5.28 Å². The second-order valence-electron chi connectivity index (χ2n) is 4.29. The molecule has 0 amide bonds. The lowest BCUT2D eigenvalue weighted by Crippen LogP contribution is -1.97. The molecule has 0 spiro atoms. The van der Waals surface area contributed by atoms with Gasteiger partial charge in [0.1, 0.15) is 23.0 Å². The van der Waals surface area contributed by atoms with E-state index in [9.17, 15) is 8.78 Å². The fraction of sp³-hybridized carbons (Fsp3) is 0. The molecular formula is C15H8ClF2N3. The Bertz CT molecular complexity index is 774. The zero-order valence-corrected chi connectivity index (χ0v) is 11.4. The summed E-state index contributed by atoms with van der Waals surface area (Å²) in [5.41, 5.74) is 2.20. The van der Waals surface area contributed by atoms with Crippen molar-refractivity contribution in [3.8, 4) is 22.5 Å². The zero-order valence-electron chi connectivity index (χ0n) is 10.6. The van der Waals surface area contributed by atoms with Crippen LogP contribution in [0.1, 0.15) is 0 Å². The van der Waals surface area contributed by atoms with Crippen LogP contribution in [0.2, 0.25) is 5.28 Å². The standard InChI is InChI=1S/C15H8ClF2N3/c16-15-19-13(9-1-5-11(17)6-2-9)14(20-21-15)10-3-7-12(18)8-4-10/h1-8H. The SMILES string of the molecule is Fc1ccc(-c2nnc(Cl)nc2-c2ccc(F)cc2)cc1. The highest BCUT2D eigenvalue weighted by atomic mass is 35.5. The predicted molar refractivity (Wildman–Crippen MR) is 75.6 cm³/mol. The number of hydrogen-bond acceptors (Lipinski definition) is 3. The van der Waals surface area contributed by atoms with Crippen molar-refractivity contribution in [1.29, 1.82) is 0 Å². The maximum atomic E-state index is 13.0. The number of nitrogens with zero attached hydrogens (tertiary/aromatic N) is 3. The third kappa shape index (κ3) is 2.87. The number of benzene rings is 2. The van der Waals surface area contributed by atoms with Gasteiger partial charge in [-0.05, 0) is 60.1 Å². The van der Waals surface area contributed by atoms with Gasteiger partial charge in [-0.15, -0.1) is 10.2 Å². The molecule has 3 nitrogen and oxygen atoms in total. The summed E-state index contributed by atoms with van der Waals surface area (Å²) in [4.78, 5) is 4.15. The molecule has 6 heteroatoms. The van der Waals surface area contributed by atoms with Gasteiger partial charge in [-0.3, -0.25) is 0 Å². The highest BCUT2D eigenvalue weighted by Crippen LogP contribution is 2.29. The highest BCUT2D eigenvalue weighted by molar-refractivity contribution is 6.28. The molecule has 3 rings (SSSR count). The molecule has 3 aromatic rings. The Balaban J connectivity index is 2.17. The van der Waals surface area contributed by atoms with Crippen molar-refractivity contribution < 1.29 is 8.78 Å². The number of aromatic nitrogens is 3. The molecule has 0 aliphatic heterocycles. The lowest BCUT2D eigenvalue weighted by atomic mass is 10.0. The Labute approximate surface area is 124 Å². The summed E-state index contributed by atoms with van der Waals surface area (Å²) in [5.74, 6) is -0.702. The maximum absolute atomic E-state index is 13.0. The number of halogens is 3. The Kier molecular flexibility index (Phi) is 3.58. The van der Waals surface area contributed by atoms with Crippen molar-refractivity contribution >= 4 is 11.6 Å². The van der Waals surface area contributed by atoms with Gasteiger partial charge in [0.25, 0.3) is 0 Å². The first-order valence-corrected chi connectivity index (χ1v) is 6.43. The van der Waals surface area contributed by atoms with E-state index in [1.54, 1.807) is 24.3 Å². The first-order chi connectivity index (χ1) is 10.1. The Morgan fingerprint density at radius 3 is 1.67 bits per heavy atom. The molecule has 0 radical (unpaired) electrons. The normalized spacial score (nSPS) is 10.6. The molecule has 21 heavy (non-hydrogen) atoms. The van der Waals surface area contributed by atoms with Crippen LogP contribution in [0, 0.1) is 11.6 Å². The average Bonchev–Trinajstić information content (AvgIpc) is 2.49. The summed E-state index contributed by atoms with van der Waals surface area (Å²) in [7, 11) is 0. The van der Waals surface area contributed by atoms with E-state index in [1.165, 1.54) is 24.3 Å². The van der Waals surface area contributed by atoms with E-state index in [2.05, 4.69) is 15.2 Å². The molecule has 1 heterocycles. The molecule has 0 fully saturated rings. The predicted octanol–water partition coefficient (Wildman–Crippen LogP) is 4.14.